The normalized spacial score (nSPS) is 21.4. The first-order valence-electron chi connectivity index (χ1n) is 8.21. The number of aromatic nitrogens is 1. The number of amides is 1. The number of hydrogen-bond acceptors (Lipinski definition) is 6. The third-order valence-corrected chi connectivity index (χ3v) is 4.34. The number of nitrogens with one attached hydrogen (secondary N) is 1. The Kier molecular flexibility index (Phi) is 6.08. The third-order valence-electron chi connectivity index (χ3n) is 4.34. The van der Waals surface area contributed by atoms with Gasteiger partial charge in [0.05, 0.1) is 13.0 Å². The highest BCUT2D eigenvalue weighted by molar-refractivity contribution is 5.79. The molecule has 0 saturated carbocycles. The Bertz CT molecular complexity index is 557. The van der Waals surface area contributed by atoms with Crippen molar-refractivity contribution in [3.63, 3.8) is 0 Å². The topological polar surface area (TPSA) is 104 Å². The number of nitrogens with zero attached hydrogens (tertiary/aromatic N) is 2. The van der Waals surface area contributed by atoms with Crippen LogP contribution in [-0.4, -0.2) is 56.9 Å². The molecule has 24 heavy (non-hydrogen) atoms. The van der Waals surface area contributed by atoms with Gasteiger partial charge in [0.1, 0.15) is 0 Å². The van der Waals surface area contributed by atoms with Crippen LogP contribution in [0.2, 0.25) is 0 Å². The molecule has 1 saturated heterocycles. The third kappa shape index (κ3) is 4.64. The first kappa shape index (κ1) is 18.1. The molecule has 2 rings (SSSR count). The van der Waals surface area contributed by atoms with Crippen molar-refractivity contribution in [1.82, 2.24) is 14.9 Å². The van der Waals surface area contributed by atoms with E-state index in [0.29, 0.717) is 23.4 Å². The van der Waals surface area contributed by atoms with Gasteiger partial charge >= 0.3 is 5.97 Å². The highest BCUT2D eigenvalue weighted by atomic mass is 16.7. The second-order valence-electron chi connectivity index (χ2n) is 6.21. The van der Waals surface area contributed by atoms with E-state index < -0.39 is 5.97 Å². The quantitative estimate of drug-likeness (QED) is 0.654. The summed E-state index contributed by atoms with van der Waals surface area (Å²) in [6.45, 7) is 4.69. The number of aromatic hydroxyl groups is 2. The molecule has 0 aliphatic carbocycles. The molecule has 1 amide bonds. The minimum atomic E-state index is -0.670. The van der Waals surface area contributed by atoms with Crippen LogP contribution < -0.4 is 10.2 Å². The van der Waals surface area contributed by atoms with Gasteiger partial charge < -0.3 is 20.4 Å². The van der Waals surface area contributed by atoms with Crippen molar-refractivity contribution in [2.45, 2.75) is 51.6 Å². The fraction of sp³-hybridized carbons (Fsp3) is 0.625. The van der Waals surface area contributed by atoms with E-state index in [1.807, 2.05) is 0 Å². The number of rotatable bonds is 6. The molecule has 2 atom stereocenters. The molecule has 0 aromatic carbocycles. The van der Waals surface area contributed by atoms with Crippen molar-refractivity contribution in [3.8, 4) is 11.8 Å². The maximum absolute atomic E-state index is 12.0. The summed E-state index contributed by atoms with van der Waals surface area (Å²) in [6, 6.07) is 3.16. The molecule has 8 nitrogen and oxygen atoms in total. The summed E-state index contributed by atoms with van der Waals surface area (Å²) in [5.74, 6) is -1.55. The summed E-state index contributed by atoms with van der Waals surface area (Å²) in [5, 5.41) is 21.4. The van der Waals surface area contributed by atoms with Gasteiger partial charge in [-0.2, -0.15) is 0 Å². The first-order chi connectivity index (χ1) is 11.4. The molecule has 1 aliphatic heterocycles. The molecule has 1 aromatic heterocycles. The number of hydrogen-bond donors (Lipinski definition) is 3. The van der Waals surface area contributed by atoms with E-state index in [9.17, 15) is 19.8 Å². The lowest BCUT2D eigenvalue weighted by atomic mass is 10.3. The van der Waals surface area contributed by atoms with E-state index in [4.69, 9.17) is 4.84 Å². The van der Waals surface area contributed by atoms with Crippen molar-refractivity contribution in [2.24, 2.45) is 0 Å². The van der Waals surface area contributed by atoms with Gasteiger partial charge in [0, 0.05) is 30.8 Å². The maximum atomic E-state index is 12.0. The van der Waals surface area contributed by atoms with Gasteiger partial charge in [-0.25, -0.2) is 4.79 Å². The highest BCUT2D eigenvalue weighted by Gasteiger charge is 2.26. The molecule has 0 bridgehead atoms. The zero-order valence-corrected chi connectivity index (χ0v) is 14.1. The van der Waals surface area contributed by atoms with Gasteiger partial charge in [0.15, 0.2) is 0 Å². The van der Waals surface area contributed by atoms with E-state index in [1.54, 1.807) is 0 Å². The average molecular weight is 343 g/mol. The molecule has 3 N–H and O–H groups in total. The van der Waals surface area contributed by atoms with Crippen LogP contribution in [0.4, 0.5) is 0 Å². The fourth-order valence-corrected chi connectivity index (χ4v) is 2.95. The van der Waals surface area contributed by atoms with Crippen LogP contribution in [-0.2, 0) is 9.59 Å². The zero-order chi connectivity index (χ0) is 17.7. The highest BCUT2D eigenvalue weighted by Crippen LogP contribution is 2.21. The van der Waals surface area contributed by atoms with Crippen LogP contribution in [0.3, 0.4) is 0 Å². The summed E-state index contributed by atoms with van der Waals surface area (Å²) in [6.07, 6.45) is 3.31. The smallest absolute Gasteiger partial charge is 0.334 e. The Labute approximate surface area is 141 Å². The van der Waals surface area contributed by atoms with E-state index in [1.165, 1.54) is 18.6 Å². The predicted molar refractivity (Wildman–Crippen MR) is 86.5 cm³/mol. The Hall–Kier alpha value is -2.22. The molecular weight excluding hydrogens is 318 g/mol. The number of likely N-dealkylation sites (tertiary alicyclic amines) is 1. The lowest BCUT2D eigenvalue weighted by Crippen LogP contribution is -2.48. The summed E-state index contributed by atoms with van der Waals surface area (Å²) >= 11 is 0. The van der Waals surface area contributed by atoms with Gasteiger partial charge in [-0.15, -0.1) is 4.73 Å². The van der Waals surface area contributed by atoms with Crippen LogP contribution in [0, 0.1) is 0 Å². The first-order valence-corrected chi connectivity index (χ1v) is 8.21. The van der Waals surface area contributed by atoms with Crippen LogP contribution in [0.15, 0.2) is 12.1 Å². The van der Waals surface area contributed by atoms with Gasteiger partial charge in [-0.05, 0) is 26.7 Å². The molecule has 0 radical (unpaired) electrons. The molecule has 1 aliphatic rings. The largest absolute Gasteiger partial charge is 0.492 e. The van der Waals surface area contributed by atoms with Crippen molar-refractivity contribution < 1.29 is 24.6 Å². The Morgan fingerprint density at radius 1 is 1.21 bits per heavy atom. The molecule has 2 heterocycles. The molecule has 1 fully saturated rings. The Balaban J connectivity index is 1.71. The van der Waals surface area contributed by atoms with Crippen molar-refractivity contribution in [3.05, 3.63) is 12.1 Å². The van der Waals surface area contributed by atoms with Crippen LogP contribution >= 0.6 is 0 Å². The van der Waals surface area contributed by atoms with Gasteiger partial charge in [0.25, 0.3) is 0 Å². The Morgan fingerprint density at radius 3 is 2.38 bits per heavy atom. The van der Waals surface area contributed by atoms with Gasteiger partial charge in [0.2, 0.25) is 17.7 Å². The lowest BCUT2D eigenvalue weighted by molar-refractivity contribution is -0.145. The van der Waals surface area contributed by atoms with Crippen molar-refractivity contribution in [2.75, 3.05) is 13.1 Å². The monoisotopic (exact) mass is 343 g/mol. The van der Waals surface area contributed by atoms with E-state index >= 15 is 0 Å². The fourth-order valence-electron chi connectivity index (χ4n) is 2.95. The van der Waals surface area contributed by atoms with Crippen LogP contribution in [0.1, 0.15) is 39.5 Å². The minimum Gasteiger partial charge on any atom is -0.492 e. The van der Waals surface area contributed by atoms with E-state index in [0.717, 1.165) is 12.8 Å². The molecule has 1 aromatic rings. The molecule has 0 unspecified atom stereocenters. The van der Waals surface area contributed by atoms with E-state index in [2.05, 4.69) is 24.1 Å². The minimum absolute atomic E-state index is 0.0616. The average Bonchev–Trinajstić information content (AvgIpc) is 2.83. The van der Waals surface area contributed by atoms with Gasteiger partial charge in [-0.1, -0.05) is 6.42 Å². The molecular formula is C16H25N3O5. The van der Waals surface area contributed by atoms with Crippen molar-refractivity contribution in [1.29, 1.82) is 0 Å². The summed E-state index contributed by atoms with van der Waals surface area (Å²) in [7, 11) is 0. The summed E-state index contributed by atoms with van der Waals surface area (Å²) < 4.78 is 0.626. The predicted octanol–water partition coefficient (Wildman–Crippen LogP) is 0.624. The summed E-state index contributed by atoms with van der Waals surface area (Å²) in [4.78, 5) is 30.7. The Morgan fingerprint density at radius 2 is 1.79 bits per heavy atom. The SMILES string of the molecule is [13CH3][13C@@H]1CCC[13C@H]([13CH3])N1CC(=O)NCCC(=O)On1c(O)ccc1O. The second kappa shape index (κ2) is 8.05. The molecule has 8 heteroatoms. The number of carbonyl (C=O) groups is 2. The van der Waals surface area contributed by atoms with E-state index in [-0.39, 0.29) is 30.6 Å². The standard InChI is InChI=1S/C16H25N3O5/c1-11-4-3-5-12(2)18(11)10-13(20)17-9-8-16(23)24-19-14(21)6-7-15(19)22/h6-7,11-12,21-22H,3-5,8-10H2,1-2H3,(H,17,20)/t11-,12+/i1+1,2+1,11+1,12+1. The number of piperidine rings is 1. The molecule has 134 valence electrons. The van der Waals surface area contributed by atoms with Crippen LogP contribution in [0.25, 0.3) is 0 Å². The number of carbonyl (C=O) groups excluding carboxylic acids is 2. The second-order valence-corrected chi connectivity index (χ2v) is 6.21. The van der Waals surface area contributed by atoms with Gasteiger partial charge in [-0.3, -0.25) is 9.69 Å². The van der Waals surface area contributed by atoms with Crippen LogP contribution in [0.5, 0.6) is 11.8 Å². The maximum Gasteiger partial charge on any atom is 0.334 e. The molecule has 0 spiro atoms. The zero-order valence-electron chi connectivity index (χ0n) is 14.1. The summed E-state index contributed by atoms with van der Waals surface area (Å²) in [5.41, 5.74) is 0. The van der Waals surface area contributed by atoms with Crippen molar-refractivity contribution >= 4 is 11.9 Å². The lowest BCUT2D eigenvalue weighted by Gasteiger charge is -2.38.